The van der Waals surface area contributed by atoms with Crippen molar-refractivity contribution in [1.82, 2.24) is 5.32 Å². The lowest BCUT2D eigenvalue weighted by atomic mass is 9.87. The van der Waals surface area contributed by atoms with Gasteiger partial charge >= 0.3 is 0 Å². The van der Waals surface area contributed by atoms with E-state index in [1.54, 1.807) is 0 Å². The fraction of sp³-hybridized carbons (Fsp3) is 0.500. The van der Waals surface area contributed by atoms with Crippen LogP contribution in [-0.2, 0) is 0 Å². The van der Waals surface area contributed by atoms with Gasteiger partial charge in [0.25, 0.3) is 0 Å². The lowest BCUT2D eigenvalue weighted by Gasteiger charge is -2.28. The Morgan fingerprint density at radius 2 is 2.20 bits per heavy atom. The number of piperidine rings is 1. The zero-order valence-corrected chi connectivity index (χ0v) is 9.76. The number of aliphatic hydroxyl groups is 1. The fourth-order valence-corrected chi connectivity index (χ4v) is 2.13. The summed E-state index contributed by atoms with van der Waals surface area (Å²) in [6, 6.07) is 8.46. The minimum atomic E-state index is -0.231. The molecule has 1 aliphatic heterocycles. The standard InChI is InChI=1S/C12H17NO.ClH/c1-9-3-2-4-10(7-9)11-5-6-13-8-12(11)14;/h2-4,7,11-14H,5-6,8H2,1H3;1H/t11-,12+;/m0./s1. The summed E-state index contributed by atoms with van der Waals surface area (Å²) >= 11 is 0. The maximum Gasteiger partial charge on any atom is 0.0733 e. The molecule has 1 heterocycles. The van der Waals surface area contributed by atoms with E-state index < -0.39 is 0 Å². The first-order valence-electron chi connectivity index (χ1n) is 5.23. The summed E-state index contributed by atoms with van der Waals surface area (Å²) in [5.74, 6) is 0.316. The molecule has 1 aliphatic rings. The molecule has 2 N–H and O–H groups in total. The first-order valence-corrected chi connectivity index (χ1v) is 5.23. The fourth-order valence-electron chi connectivity index (χ4n) is 2.13. The average molecular weight is 228 g/mol. The van der Waals surface area contributed by atoms with E-state index >= 15 is 0 Å². The molecule has 84 valence electrons. The van der Waals surface area contributed by atoms with E-state index in [0.29, 0.717) is 5.92 Å². The molecular weight excluding hydrogens is 210 g/mol. The second kappa shape index (κ2) is 5.50. The second-order valence-corrected chi connectivity index (χ2v) is 4.08. The van der Waals surface area contributed by atoms with Gasteiger partial charge in [-0.3, -0.25) is 0 Å². The number of benzene rings is 1. The van der Waals surface area contributed by atoms with Crippen molar-refractivity contribution >= 4 is 12.4 Å². The third-order valence-electron chi connectivity index (χ3n) is 2.92. The second-order valence-electron chi connectivity index (χ2n) is 4.08. The van der Waals surface area contributed by atoms with Crippen LogP contribution in [0.2, 0.25) is 0 Å². The van der Waals surface area contributed by atoms with Crippen LogP contribution in [0.1, 0.15) is 23.5 Å². The van der Waals surface area contributed by atoms with E-state index in [2.05, 4.69) is 36.5 Å². The van der Waals surface area contributed by atoms with Gasteiger partial charge in [-0.05, 0) is 25.5 Å². The molecule has 0 amide bonds. The quantitative estimate of drug-likeness (QED) is 0.768. The molecule has 0 bridgehead atoms. The summed E-state index contributed by atoms with van der Waals surface area (Å²) in [5, 5.41) is 13.0. The molecule has 2 nitrogen and oxygen atoms in total. The molecule has 0 aliphatic carbocycles. The van der Waals surface area contributed by atoms with Crippen LogP contribution in [0.3, 0.4) is 0 Å². The Balaban J connectivity index is 0.00000112. The topological polar surface area (TPSA) is 32.3 Å². The number of aryl methyl sites for hydroxylation is 1. The summed E-state index contributed by atoms with van der Waals surface area (Å²) < 4.78 is 0. The van der Waals surface area contributed by atoms with Crippen LogP contribution < -0.4 is 5.32 Å². The van der Waals surface area contributed by atoms with Crippen molar-refractivity contribution in [2.75, 3.05) is 13.1 Å². The maximum atomic E-state index is 9.85. The van der Waals surface area contributed by atoms with E-state index in [0.717, 1.165) is 19.5 Å². The first kappa shape index (κ1) is 12.5. The number of rotatable bonds is 1. The van der Waals surface area contributed by atoms with Crippen LogP contribution in [0, 0.1) is 6.92 Å². The molecule has 1 saturated heterocycles. The molecule has 0 unspecified atom stereocenters. The first-order chi connectivity index (χ1) is 6.77. The highest BCUT2D eigenvalue weighted by atomic mass is 35.5. The number of β-amino-alcohol motifs (C(OH)–C–C–N with tert-alkyl or cyclic N) is 1. The van der Waals surface area contributed by atoms with Gasteiger partial charge in [0.1, 0.15) is 0 Å². The van der Waals surface area contributed by atoms with Crippen LogP contribution >= 0.6 is 12.4 Å². The van der Waals surface area contributed by atoms with Crippen molar-refractivity contribution in [1.29, 1.82) is 0 Å². The molecule has 0 saturated carbocycles. The molecule has 0 radical (unpaired) electrons. The summed E-state index contributed by atoms with van der Waals surface area (Å²) in [7, 11) is 0. The van der Waals surface area contributed by atoms with Crippen molar-refractivity contribution in [2.24, 2.45) is 0 Å². The molecule has 1 aromatic rings. The van der Waals surface area contributed by atoms with Gasteiger partial charge in [-0.2, -0.15) is 0 Å². The maximum absolute atomic E-state index is 9.85. The number of halogens is 1. The van der Waals surface area contributed by atoms with Crippen LogP contribution in [0.25, 0.3) is 0 Å². The molecular formula is C12H18ClNO. The zero-order chi connectivity index (χ0) is 9.97. The highest BCUT2D eigenvalue weighted by Gasteiger charge is 2.23. The number of nitrogens with one attached hydrogen (secondary N) is 1. The van der Waals surface area contributed by atoms with Crippen LogP contribution in [0.15, 0.2) is 24.3 Å². The van der Waals surface area contributed by atoms with Crippen molar-refractivity contribution in [3.63, 3.8) is 0 Å². The molecule has 0 aromatic heterocycles. The van der Waals surface area contributed by atoms with E-state index in [4.69, 9.17) is 0 Å². The Morgan fingerprint density at radius 3 is 2.87 bits per heavy atom. The molecule has 0 spiro atoms. The smallest absolute Gasteiger partial charge is 0.0733 e. The zero-order valence-electron chi connectivity index (χ0n) is 8.94. The van der Waals surface area contributed by atoms with Gasteiger partial charge < -0.3 is 10.4 Å². The summed E-state index contributed by atoms with van der Waals surface area (Å²) in [4.78, 5) is 0. The number of hydrogen-bond acceptors (Lipinski definition) is 2. The highest BCUT2D eigenvalue weighted by molar-refractivity contribution is 5.85. The summed E-state index contributed by atoms with van der Waals surface area (Å²) in [5.41, 5.74) is 2.55. The summed E-state index contributed by atoms with van der Waals surface area (Å²) in [6.07, 6.45) is 0.801. The van der Waals surface area contributed by atoms with Gasteiger partial charge in [0.15, 0.2) is 0 Å². The Bertz CT molecular complexity index is 316. The monoisotopic (exact) mass is 227 g/mol. The Morgan fingerprint density at radius 1 is 1.40 bits per heavy atom. The lowest BCUT2D eigenvalue weighted by Crippen LogP contribution is -2.39. The minimum absolute atomic E-state index is 0. The summed E-state index contributed by atoms with van der Waals surface area (Å²) in [6.45, 7) is 3.82. The van der Waals surface area contributed by atoms with Crippen molar-refractivity contribution in [3.8, 4) is 0 Å². The Hall–Kier alpha value is -0.570. The van der Waals surface area contributed by atoms with Gasteiger partial charge in [0.05, 0.1) is 6.10 Å². The van der Waals surface area contributed by atoms with Gasteiger partial charge in [-0.1, -0.05) is 29.8 Å². The average Bonchev–Trinajstić information content (AvgIpc) is 2.18. The van der Waals surface area contributed by atoms with Gasteiger partial charge in [-0.25, -0.2) is 0 Å². The van der Waals surface area contributed by atoms with Crippen LogP contribution in [-0.4, -0.2) is 24.3 Å². The third-order valence-corrected chi connectivity index (χ3v) is 2.92. The largest absolute Gasteiger partial charge is 0.391 e. The predicted octanol–water partition coefficient (Wildman–Crippen LogP) is 1.85. The van der Waals surface area contributed by atoms with Gasteiger partial charge in [0.2, 0.25) is 0 Å². The van der Waals surface area contributed by atoms with Gasteiger partial charge in [0, 0.05) is 12.5 Å². The lowest BCUT2D eigenvalue weighted by molar-refractivity contribution is 0.118. The van der Waals surface area contributed by atoms with Crippen molar-refractivity contribution < 1.29 is 5.11 Å². The normalized spacial score (nSPS) is 25.7. The highest BCUT2D eigenvalue weighted by Crippen LogP contribution is 2.25. The van der Waals surface area contributed by atoms with Crippen LogP contribution in [0.5, 0.6) is 0 Å². The van der Waals surface area contributed by atoms with E-state index in [9.17, 15) is 5.11 Å². The minimum Gasteiger partial charge on any atom is -0.391 e. The molecule has 15 heavy (non-hydrogen) atoms. The number of hydrogen-bond donors (Lipinski definition) is 2. The molecule has 2 atom stereocenters. The number of aliphatic hydroxyl groups excluding tert-OH is 1. The van der Waals surface area contributed by atoms with Gasteiger partial charge in [-0.15, -0.1) is 12.4 Å². The third kappa shape index (κ3) is 2.94. The molecule has 1 fully saturated rings. The SMILES string of the molecule is Cc1cccc([C@@H]2CCNC[C@H]2O)c1.Cl. The molecule has 2 rings (SSSR count). The predicted molar refractivity (Wildman–Crippen MR) is 64.7 cm³/mol. The van der Waals surface area contributed by atoms with Crippen molar-refractivity contribution in [3.05, 3.63) is 35.4 Å². The molecule has 1 aromatic carbocycles. The Labute approximate surface area is 97.1 Å². The van der Waals surface area contributed by atoms with E-state index in [1.807, 2.05) is 0 Å². The van der Waals surface area contributed by atoms with Crippen molar-refractivity contribution in [2.45, 2.75) is 25.4 Å². The van der Waals surface area contributed by atoms with E-state index in [1.165, 1.54) is 11.1 Å². The molecule has 3 heteroatoms. The Kier molecular flexibility index (Phi) is 4.58. The van der Waals surface area contributed by atoms with Crippen LogP contribution in [0.4, 0.5) is 0 Å². The van der Waals surface area contributed by atoms with E-state index in [-0.39, 0.29) is 18.5 Å².